The van der Waals surface area contributed by atoms with Crippen molar-refractivity contribution in [1.82, 2.24) is 9.88 Å². The van der Waals surface area contributed by atoms with Crippen molar-refractivity contribution in [3.8, 4) is 0 Å². The lowest BCUT2D eigenvalue weighted by atomic mass is 10.0. The van der Waals surface area contributed by atoms with Gasteiger partial charge in [-0.3, -0.25) is 19.5 Å². The summed E-state index contributed by atoms with van der Waals surface area (Å²) in [6.07, 6.45) is 1.66. The van der Waals surface area contributed by atoms with E-state index in [9.17, 15) is 9.59 Å². The molecule has 31 heavy (non-hydrogen) atoms. The van der Waals surface area contributed by atoms with Crippen LogP contribution in [0.3, 0.4) is 0 Å². The summed E-state index contributed by atoms with van der Waals surface area (Å²) < 4.78 is 0. The van der Waals surface area contributed by atoms with Gasteiger partial charge in [0.25, 0.3) is 11.8 Å². The highest BCUT2D eigenvalue weighted by molar-refractivity contribution is 6.36. The number of pyridine rings is 1. The summed E-state index contributed by atoms with van der Waals surface area (Å²) in [7, 11) is 0. The second kappa shape index (κ2) is 8.56. The fourth-order valence-electron chi connectivity index (χ4n) is 3.57. The van der Waals surface area contributed by atoms with Crippen LogP contribution in [0, 0.1) is 6.92 Å². The van der Waals surface area contributed by atoms with Crippen molar-refractivity contribution in [3.63, 3.8) is 0 Å². The molecule has 1 aromatic heterocycles. The number of rotatable bonds is 6. The van der Waals surface area contributed by atoms with Crippen LogP contribution in [0.5, 0.6) is 0 Å². The minimum Gasteiger partial charge on any atom is -0.350 e. The Morgan fingerprint density at radius 2 is 1.61 bits per heavy atom. The zero-order valence-corrected chi connectivity index (χ0v) is 17.9. The fourth-order valence-corrected chi connectivity index (χ4v) is 3.57. The number of aromatic nitrogens is 1. The van der Waals surface area contributed by atoms with E-state index < -0.39 is 0 Å². The highest BCUT2D eigenvalue weighted by Gasteiger charge is 2.39. The lowest BCUT2D eigenvalue weighted by Gasteiger charge is -2.15. The zero-order valence-electron chi connectivity index (χ0n) is 17.9. The zero-order chi connectivity index (χ0) is 22.0. The molecule has 5 heteroatoms. The third kappa shape index (κ3) is 4.26. The molecule has 0 fully saturated rings. The van der Waals surface area contributed by atoms with E-state index in [1.165, 1.54) is 10.5 Å². The Hall–Kier alpha value is -3.73. The number of hydrogen-bond acceptors (Lipinski definition) is 4. The van der Waals surface area contributed by atoms with E-state index in [1.54, 1.807) is 12.3 Å². The molecule has 0 radical (unpaired) electrons. The Kier molecular flexibility index (Phi) is 5.67. The Morgan fingerprint density at radius 1 is 0.903 bits per heavy atom. The Balaban J connectivity index is 1.71. The van der Waals surface area contributed by atoms with E-state index in [0.29, 0.717) is 28.4 Å². The third-order valence-corrected chi connectivity index (χ3v) is 5.40. The summed E-state index contributed by atoms with van der Waals surface area (Å²) in [6, 6.07) is 21.0. The first-order valence-corrected chi connectivity index (χ1v) is 10.4. The fraction of sp³-hybridized carbons (Fsp3) is 0.192. The number of nitrogens with zero attached hydrogens (tertiary/aromatic N) is 2. The molecule has 1 aliphatic heterocycles. The summed E-state index contributed by atoms with van der Waals surface area (Å²) in [5.41, 5.74) is 5.12. The van der Waals surface area contributed by atoms with Gasteiger partial charge in [0, 0.05) is 11.9 Å². The lowest BCUT2D eigenvalue weighted by Crippen LogP contribution is -2.32. The summed E-state index contributed by atoms with van der Waals surface area (Å²) in [5, 5.41) is 3.21. The first-order chi connectivity index (χ1) is 14.9. The smallest absolute Gasteiger partial charge is 0.278 e. The van der Waals surface area contributed by atoms with Crippen LogP contribution in [0.4, 0.5) is 5.69 Å². The van der Waals surface area contributed by atoms with Crippen LogP contribution < -0.4 is 5.32 Å². The highest BCUT2D eigenvalue weighted by atomic mass is 16.2. The van der Waals surface area contributed by atoms with Gasteiger partial charge in [0.1, 0.15) is 5.70 Å². The molecule has 0 atom stereocenters. The minimum absolute atomic E-state index is 0.130. The van der Waals surface area contributed by atoms with Crippen molar-refractivity contribution in [3.05, 3.63) is 101 Å². The van der Waals surface area contributed by atoms with Crippen molar-refractivity contribution in [1.29, 1.82) is 0 Å². The molecule has 0 unspecified atom stereocenters. The molecule has 2 aromatic carbocycles. The van der Waals surface area contributed by atoms with E-state index in [2.05, 4.69) is 24.1 Å². The molecule has 1 aliphatic rings. The number of carbonyl (C=O) groups excluding carboxylic acids is 2. The molecule has 0 saturated carbocycles. The Labute approximate surface area is 182 Å². The van der Waals surface area contributed by atoms with Crippen molar-refractivity contribution in [2.45, 2.75) is 33.2 Å². The predicted octanol–water partition coefficient (Wildman–Crippen LogP) is 4.91. The molecule has 3 aromatic rings. The second-order valence-corrected chi connectivity index (χ2v) is 8.04. The van der Waals surface area contributed by atoms with Crippen LogP contribution >= 0.6 is 0 Å². The number of benzene rings is 2. The van der Waals surface area contributed by atoms with E-state index in [0.717, 1.165) is 11.3 Å². The molecule has 4 rings (SSSR count). The Bertz CT molecular complexity index is 1130. The molecule has 5 nitrogen and oxygen atoms in total. The first-order valence-electron chi connectivity index (χ1n) is 10.4. The van der Waals surface area contributed by atoms with E-state index >= 15 is 0 Å². The SMILES string of the molecule is Cc1ccc(C2=C(Nc3ccc(C(C)C)cc3)C(=O)N(Cc3ccccn3)C2=O)cc1. The van der Waals surface area contributed by atoms with Crippen LogP contribution in [0.25, 0.3) is 5.57 Å². The summed E-state index contributed by atoms with van der Waals surface area (Å²) in [4.78, 5) is 32.2. The van der Waals surface area contributed by atoms with Gasteiger partial charge < -0.3 is 5.32 Å². The molecule has 0 spiro atoms. The topological polar surface area (TPSA) is 62.3 Å². The van der Waals surface area contributed by atoms with Gasteiger partial charge in [-0.1, -0.05) is 61.9 Å². The molecule has 2 heterocycles. The molecule has 0 saturated heterocycles. The van der Waals surface area contributed by atoms with Crippen LogP contribution in [0.15, 0.2) is 78.6 Å². The quantitative estimate of drug-likeness (QED) is 0.586. The van der Waals surface area contributed by atoms with Crippen LogP contribution in [0.2, 0.25) is 0 Å². The molecule has 1 N–H and O–H groups in total. The maximum atomic E-state index is 13.3. The summed E-state index contributed by atoms with van der Waals surface area (Å²) >= 11 is 0. The largest absolute Gasteiger partial charge is 0.350 e. The summed E-state index contributed by atoms with van der Waals surface area (Å²) in [5.74, 6) is -0.250. The number of nitrogens with one attached hydrogen (secondary N) is 1. The molecule has 0 aliphatic carbocycles. The van der Waals surface area contributed by atoms with E-state index in [-0.39, 0.29) is 18.4 Å². The second-order valence-electron chi connectivity index (χ2n) is 8.04. The van der Waals surface area contributed by atoms with Crippen molar-refractivity contribution in [2.75, 3.05) is 5.32 Å². The average Bonchev–Trinajstić information content (AvgIpc) is 3.00. The lowest BCUT2D eigenvalue weighted by molar-refractivity contribution is -0.137. The number of amides is 2. The van der Waals surface area contributed by atoms with Crippen molar-refractivity contribution < 1.29 is 9.59 Å². The van der Waals surface area contributed by atoms with Gasteiger partial charge in [-0.2, -0.15) is 0 Å². The van der Waals surface area contributed by atoms with Gasteiger partial charge in [0.05, 0.1) is 17.8 Å². The molecule has 0 bridgehead atoms. The number of aryl methyl sites for hydroxylation is 1. The van der Waals surface area contributed by atoms with Gasteiger partial charge in [-0.15, -0.1) is 0 Å². The van der Waals surface area contributed by atoms with Gasteiger partial charge in [0.2, 0.25) is 0 Å². The molecule has 156 valence electrons. The maximum Gasteiger partial charge on any atom is 0.278 e. The Morgan fingerprint density at radius 3 is 2.23 bits per heavy atom. The number of imide groups is 1. The van der Waals surface area contributed by atoms with Crippen LogP contribution in [-0.4, -0.2) is 21.7 Å². The monoisotopic (exact) mass is 411 g/mol. The van der Waals surface area contributed by atoms with Gasteiger partial charge in [0.15, 0.2) is 0 Å². The van der Waals surface area contributed by atoms with Gasteiger partial charge in [-0.05, 0) is 48.2 Å². The van der Waals surface area contributed by atoms with Gasteiger partial charge >= 0.3 is 0 Å². The molecule has 2 amide bonds. The normalized spacial score (nSPS) is 14.0. The average molecular weight is 412 g/mol. The summed E-state index contributed by atoms with van der Waals surface area (Å²) in [6.45, 7) is 6.39. The number of carbonyl (C=O) groups is 2. The standard InChI is InChI=1S/C26H25N3O2/c1-17(2)19-11-13-21(14-12-19)28-24-23(20-9-7-18(3)8-10-20)25(30)29(26(24)31)16-22-6-4-5-15-27-22/h4-15,17,28H,16H2,1-3H3. The molecular formula is C26H25N3O2. The van der Waals surface area contributed by atoms with Crippen LogP contribution in [0.1, 0.15) is 42.1 Å². The van der Waals surface area contributed by atoms with Crippen LogP contribution in [-0.2, 0) is 16.1 Å². The number of anilines is 1. The van der Waals surface area contributed by atoms with Gasteiger partial charge in [-0.25, -0.2) is 0 Å². The van der Waals surface area contributed by atoms with Crippen molar-refractivity contribution >= 4 is 23.1 Å². The van der Waals surface area contributed by atoms with E-state index in [4.69, 9.17) is 0 Å². The minimum atomic E-state index is -0.348. The third-order valence-electron chi connectivity index (χ3n) is 5.40. The highest BCUT2D eigenvalue weighted by Crippen LogP contribution is 2.31. The predicted molar refractivity (Wildman–Crippen MR) is 122 cm³/mol. The van der Waals surface area contributed by atoms with Crippen molar-refractivity contribution in [2.24, 2.45) is 0 Å². The first kappa shape index (κ1) is 20.5. The molecular weight excluding hydrogens is 386 g/mol. The maximum absolute atomic E-state index is 13.3. The van der Waals surface area contributed by atoms with E-state index in [1.807, 2.05) is 67.6 Å². The number of hydrogen-bond donors (Lipinski definition) is 1.